The Hall–Kier alpha value is -7.76. The molecule has 0 spiro atoms. The molecular weight excluding hydrogens is 946 g/mol. The van der Waals surface area contributed by atoms with Crippen LogP contribution < -0.4 is 20.6 Å². The molecule has 4 nitrogen and oxygen atoms in total. The number of benzene rings is 9. The van der Waals surface area contributed by atoms with Crippen LogP contribution in [0.25, 0.3) is 71.7 Å². The van der Waals surface area contributed by atoms with Crippen LogP contribution >= 0.6 is 0 Å². The van der Waals surface area contributed by atoms with Crippen molar-refractivity contribution >= 4 is 90.0 Å². The van der Waals surface area contributed by atoms with Crippen molar-refractivity contribution in [1.82, 2.24) is 4.57 Å². The van der Waals surface area contributed by atoms with Gasteiger partial charge in [-0.3, -0.25) is 0 Å². The number of hydrogen-bond donors (Lipinski definition) is 0. The standard InChI is InChI=1S/C73H70BN3O/c1-69(2,3)43-23-30-47(31-24-43)75(48-32-25-44(26-33-48)70(4,5)6)50-36-37-52-60(40-50)76-59-38-29-46(72(10,11)12)39-58(59)74-66-63(64-53-20-16-18-22-62(53)78-68(64)65(52)67(66)76)55-41-57-54(51-19-15-17-21-56(51)73(57,13)14)42-61(55)77(74)49-34-27-45(28-35-49)71(7,8)9/h15-42H,1-14H3. The predicted octanol–water partition coefficient (Wildman–Crippen LogP) is 18.9. The van der Waals surface area contributed by atoms with E-state index in [1.807, 2.05) is 0 Å². The molecule has 386 valence electrons. The first-order chi connectivity index (χ1) is 37.0. The average Bonchev–Trinajstić information content (AvgIpc) is 3.18. The molecule has 0 N–H and O–H groups in total. The Labute approximate surface area is 461 Å². The van der Waals surface area contributed by atoms with E-state index in [0.717, 1.165) is 44.5 Å². The van der Waals surface area contributed by atoms with E-state index in [2.05, 4.69) is 281 Å². The summed E-state index contributed by atoms with van der Waals surface area (Å²) in [5.74, 6) is 0. The van der Waals surface area contributed by atoms with Gasteiger partial charge < -0.3 is 18.7 Å². The highest BCUT2D eigenvalue weighted by Gasteiger charge is 2.48. The van der Waals surface area contributed by atoms with E-state index in [0.29, 0.717) is 0 Å². The Morgan fingerprint density at radius 3 is 1.65 bits per heavy atom. The maximum absolute atomic E-state index is 7.38. The van der Waals surface area contributed by atoms with Gasteiger partial charge in [0.2, 0.25) is 0 Å². The molecule has 2 aliphatic heterocycles. The summed E-state index contributed by atoms with van der Waals surface area (Å²) in [4.78, 5) is 5.16. The van der Waals surface area contributed by atoms with E-state index in [-0.39, 0.29) is 33.9 Å². The molecule has 3 aliphatic rings. The molecule has 0 unspecified atom stereocenters. The number of nitrogens with zero attached hydrogens (tertiary/aromatic N) is 3. The lowest BCUT2D eigenvalue weighted by atomic mass is 9.43. The van der Waals surface area contributed by atoms with Crippen molar-refractivity contribution in [2.75, 3.05) is 9.71 Å². The van der Waals surface area contributed by atoms with Crippen LogP contribution in [0.2, 0.25) is 0 Å². The Morgan fingerprint density at radius 1 is 0.462 bits per heavy atom. The highest BCUT2D eigenvalue weighted by atomic mass is 16.3. The molecule has 0 amide bonds. The van der Waals surface area contributed by atoms with Crippen molar-refractivity contribution in [2.24, 2.45) is 0 Å². The van der Waals surface area contributed by atoms with Gasteiger partial charge in [0.25, 0.3) is 0 Å². The molecule has 0 saturated carbocycles. The fourth-order valence-corrected chi connectivity index (χ4v) is 13.6. The second-order valence-corrected chi connectivity index (χ2v) is 27.5. The van der Waals surface area contributed by atoms with E-state index >= 15 is 0 Å². The molecule has 78 heavy (non-hydrogen) atoms. The summed E-state index contributed by atoms with van der Waals surface area (Å²) in [7, 11) is 0. The third-order valence-electron chi connectivity index (χ3n) is 18.0. The quantitative estimate of drug-likeness (QED) is 0.164. The van der Waals surface area contributed by atoms with Gasteiger partial charge in [-0.1, -0.05) is 188 Å². The van der Waals surface area contributed by atoms with Gasteiger partial charge in [-0.15, -0.1) is 0 Å². The van der Waals surface area contributed by atoms with Crippen LogP contribution in [0.4, 0.5) is 28.4 Å². The van der Waals surface area contributed by atoms with E-state index < -0.39 is 0 Å². The molecule has 5 heteroatoms. The Kier molecular flexibility index (Phi) is 10.1. The van der Waals surface area contributed by atoms with Crippen LogP contribution in [0.3, 0.4) is 0 Å². The summed E-state index contributed by atoms with van der Waals surface area (Å²) >= 11 is 0. The summed E-state index contributed by atoms with van der Waals surface area (Å²) in [6.45, 7) is 32.4. The minimum absolute atomic E-state index is 0.00132. The van der Waals surface area contributed by atoms with E-state index in [4.69, 9.17) is 4.42 Å². The van der Waals surface area contributed by atoms with Crippen molar-refractivity contribution in [3.05, 3.63) is 203 Å². The molecule has 0 bridgehead atoms. The number of furan rings is 1. The number of aromatic nitrogens is 1. The molecule has 0 fully saturated rings. The maximum atomic E-state index is 7.38. The number of hydrogen-bond acceptors (Lipinski definition) is 3. The Balaban J connectivity index is 1.14. The molecule has 9 aromatic carbocycles. The molecule has 0 saturated heterocycles. The van der Waals surface area contributed by atoms with Crippen molar-refractivity contribution in [1.29, 1.82) is 0 Å². The second-order valence-electron chi connectivity index (χ2n) is 27.5. The predicted molar refractivity (Wildman–Crippen MR) is 334 cm³/mol. The fraction of sp³-hybridized carbons (Fsp3) is 0.260. The van der Waals surface area contributed by atoms with Crippen LogP contribution in [0.15, 0.2) is 174 Å². The fourth-order valence-electron chi connectivity index (χ4n) is 13.6. The first-order valence-electron chi connectivity index (χ1n) is 28.3. The van der Waals surface area contributed by atoms with Crippen molar-refractivity contribution in [2.45, 2.75) is 124 Å². The first kappa shape index (κ1) is 48.6. The second kappa shape index (κ2) is 16.2. The molecule has 0 atom stereocenters. The molecule has 11 aromatic rings. The van der Waals surface area contributed by atoms with Gasteiger partial charge in [0.15, 0.2) is 0 Å². The summed E-state index contributed by atoms with van der Waals surface area (Å²) in [6.07, 6.45) is 0. The van der Waals surface area contributed by atoms with Crippen LogP contribution in [-0.4, -0.2) is 11.4 Å². The van der Waals surface area contributed by atoms with Gasteiger partial charge in [0.05, 0.1) is 16.4 Å². The van der Waals surface area contributed by atoms with Gasteiger partial charge in [-0.25, -0.2) is 0 Å². The molecule has 0 radical (unpaired) electrons. The zero-order chi connectivity index (χ0) is 54.3. The smallest absolute Gasteiger partial charge is 0.333 e. The number of para-hydroxylation sites is 1. The van der Waals surface area contributed by atoms with E-state index in [1.165, 1.54) is 99.9 Å². The largest absolute Gasteiger partial charge is 0.455 e. The van der Waals surface area contributed by atoms with Gasteiger partial charge in [-0.05, 0) is 162 Å². The third-order valence-corrected chi connectivity index (χ3v) is 18.0. The highest BCUT2D eigenvalue weighted by Crippen LogP contribution is 2.57. The van der Waals surface area contributed by atoms with Crippen LogP contribution in [-0.2, 0) is 27.1 Å². The van der Waals surface area contributed by atoms with Gasteiger partial charge in [-0.2, -0.15) is 0 Å². The molecule has 2 aromatic heterocycles. The first-order valence-corrected chi connectivity index (χ1v) is 28.3. The zero-order valence-corrected chi connectivity index (χ0v) is 48.0. The van der Waals surface area contributed by atoms with Crippen LogP contribution in [0.5, 0.6) is 0 Å². The Morgan fingerprint density at radius 2 is 1.03 bits per heavy atom. The van der Waals surface area contributed by atoms with Crippen molar-refractivity contribution < 1.29 is 4.42 Å². The highest BCUT2D eigenvalue weighted by molar-refractivity contribution is 6.94. The molecule has 14 rings (SSSR count). The number of rotatable bonds is 4. The van der Waals surface area contributed by atoms with Crippen LogP contribution in [0.1, 0.15) is 130 Å². The lowest BCUT2D eigenvalue weighted by molar-refractivity contribution is 0.590. The number of anilines is 5. The summed E-state index contributed by atoms with van der Waals surface area (Å²) in [5.41, 5.74) is 26.7. The normalized spacial score (nSPS) is 14.6. The topological polar surface area (TPSA) is 24.6 Å². The summed E-state index contributed by atoms with van der Waals surface area (Å²) < 4.78 is 10.0. The van der Waals surface area contributed by atoms with Gasteiger partial charge >= 0.3 is 6.85 Å². The molecule has 4 heterocycles. The number of fused-ring (bicyclic) bond motifs is 16. The lowest BCUT2D eigenvalue weighted by Crippen LogP contribution is -2.60. The zero-order valence-electron chi connectivity index (χ0n) is 48.0. The SMILES string of the molecule is CC(C)(C)c1ccc(N2B3c4cc(C(C)(C)C)ccc4-n4c5cc(N(c6ccc(C(C)(C)C)cc6)c6ccc(C(C)(C)C)cc6)ccc5c5c6oc7ccccc7c6c(c3c54)-c3cc4c(cc32)-c2ccccc2C4(C)C)cc1. The molecule has 1 aliphatic carbocycles. The summed E-state index contributed by atoms with van der Waals surface area (Å²) in [5, 5.41) is 4.67. The van der Waals surface area contributed by atoms with Crippen molar-refractivity contribution in [3.8, 4) is 27.9 Å². The summed E-state index contributed by atoms with van der Waals surface area (Å²) in [6, 6.07) is 65.5. The van der Waals surface area contributed by atoms with Gasteiger partial charge in [0, 0.05) is 61.3 Å². The van der Waals surface area contributed by atoms with E-state index in [9.17, 15) is 0 Å². The maximum Gasteiger partial charge on any atom is 0.333 e. The Bertz CT molecular complexity index is 4250. The van der Waals surface area contributed by atoms with E-state index in [1.54, 1.807) is 0 Å². The monoisotopic (exact) mass is 1020 g/mol. The lowest BCUT2D eigenvalue weighted by Gasteiger charge is -2.43. The average molecular weight is 1020 g/mol. The minimum Gasteiger partial charge on any atom is -0.455 e. The minimum atomic E-state index is -0.207. The van der Waals surface area contributed by atoms with Crippen LogP contribution in [0, 0.1) is 0 Å². The third kappa shape index (κ3) is 6.98. The molecular formula is C73H70BN3O. The van der Waals surface area contributed by atoms with Gasteiger partial charge in [0.1, 0.15) is 11.2 Å². The van der Waals surface area contributed by atoms with Crippen molar-refractivity contribution in [3.63, 3.8) is 0 Å².